The van der Waals surface area contributed by atoms with Crippen molar-refractivity contribution in [3.8, 4) is 0 Å². The van der Waals surface area contributed by atoms with Crippen LogP contribution in [0.15, 0.2) is 29.4 Å². The van der Waals surface area contributed by atoms with E-state index in [1.807, 2.05) is 4.90 Å². The molecule has 29 heavy (non-hydrogen) atoms. The van der Waals surface area contributed by atoms with Crippen LogP contribution >= 0.6 is 0 Å². The molecule has 1 N–H and O–H groups in total. The van der Waals surface area contributed by atoms with Gasteiger partial charge in [-0.25, -0.2) is 0 Å². The molecule has 1 atom stereocenters. The Balaban J connectivity index is 0.000000755. The molecular weight excluding hydrogens is 370 g/mol. The summed E-state index contributed by atoms with van der Waals surface area (Å²) in [6.07, 6.45) is 3.50. The van der Waals surface area contributed by atoms with Crippen LogP contribution in [-0.4, -0.2) is 64.8 Å². The standard InChI is InChI=1S/C21H29N3O2.CH2O2/c1-15(2)19-13-20(26-22-19)21(25)23-11-8-18(9-12-23)24-10-7-16-5-3-4-6-17(16)14-24;2-1-3/h3-6,15,18,20H,7-14H2,1-2H3;1H,(H,2,3). The molecule has 0 aliphatic carbocycles. The van der Waals surface area contributed by atoms with Gasteiger partial charge in [-0.05, 0) is 36.3 Å². The van der Waals surface area contributed by atoms with E-state index in [0.717, 1.165) is 51.2 Å². The molecule has 7 heteroatoms. The van der Waals surface area contributed by atoms with Crippen molar-refractivity contribution in [1.29, 1.82) is 0 Å². The van der Waals surface area contributed by atoms with E-state index in [0.29, 0.717) is 18.4 Å². The SMILES string of the molecule is CC(C)C1=NOC(C(=O)N2CCC(N3CCc4ccccc4C3)CC2)C1.O=CO. The largest absolute Gasteiger partial charge is 0.483 e. The maximum Gasteiger partial charge on any atom is 0.290 e. The van der Waals surface area contributed by atoms with Crippen molar-refractivity contribution >= 4 is 18.1 Å². The third kappa shape index (κ3) is 5.15. The molecule has 3 aliphatic rings. The summed E-state index contributed by atoms with van der Waals surface area (Å²) in [5.74, 6) is 0.465. The molecule has 0 spiro atoms. The van der Waals surface area contributed by atoms with Gasteiger partial charge in [-0.1, -0.05) is 43.3 Å². The summed E-state index contributed by atoms with van der Waals surface area (Å²) in [6, 6.07) is 9.36. The molecule has 4 rings (SSSR count). The van der Waals surface area contributed by atoms with E-state index >= 15 is 0 Å². The maximum atomic E-state index is 12.7. The molecule has 1 fully saturated rings. The second kappa shape index (κ2) is 9.87. The predicted molar refractivity (Wildman–Crippen MR) is 111 cm³/mol. The molecule has 7 nitrogen and oxygen atoms in total. The lowest BCUT2D eigenvalue weighted by Gasteiger charge is -2.41. The number of amides is 1. The van der Waals surface area contributed by atoms with Crippen LogP contribution in [0.3, 0.4) is 0 Å². The summed E-state index contributed by atoms with van der Waals surface area (Å²) in [7, 11) is 0. The lowest BCUT2D eigenvalue weighted by atomic mass is 9.95. The first kappa shape index (κ1) is 21.3. The second-order valence-corrected chi connectivity index (χ2v) is 8.19. The highest BCUT2D eigenvalue weighted by Crippen LogP contribution is 2.26. The number of carbonyl (C=O) groups is 2. The Labute approximate surface area is 172 Å². The number of likely N-dealkylation sites (tertiary alicyclic amines) is 1. The molecule has 3 heterocycles. The van der Waals surface area contributed by atoms with Crippen molar-refractivity contribution in [3.05, 3.63) is 35.4 Å². The topological polar surface area (TPSA) is 82.4 Å². The van der Waals surface area contributed by atoms with Crippen LogP contribution in [-0.2, 0) is 27.4 Å². The number of carbonyl (C=O) groups excluding carboxylic acids is 1. The van der Waals surface area contributed by atoms with Gasteiger partial charge in [0.25, 0.3) is 12.4 Å². The highest BCUT2D eigenvalue weighted by Gasteiger charge is 2.35. The Morgan fingerprint density at radius 1 is 1.21 bits per heavy atom. The summed E-state index contributed by atoms with van der Waals surface area (Å²) >= 11 is 0. The van der Waals surface area contributed by atoms with Gasteiger partial charge in [0.15, 0.2) is 0 Å². The number of hydrogen-bond acceptors (Lipinski definition) is 5. The minimum absolute atomic E-state index is 0.117. The van der Waals surface area contributed by atoms with Gasteiger partial charge in [0.2, 0.25) is 6.10 Å². The summed E-state index contributed by atoms with van der Waals surface area (Å²) in [5.41, 5.74) is 3.97. The van der Waals surface area contributed by atoms with Crippen molar-refractivity contribution in [2.24, 2.45) is 11.1 Å². The van der Waals surface area contributed by atoms with E-state index < -0.39 is 6.10 Å². The quantitative estimate of drug-likeness (QED) is 0.787. The minimum Gasteiger partial charge on any atom is -0.483 e. The number of rotatable bonds is 3. The molecule has 1 saturated heterocycles. The van der Waals surface area contributed by atoms with E-state index in [1.54, 1.807) is 0 Å². The average molecular weight is 402 g/mol. The van der Waals surface area contributed by atoms with E-state index in [-0.39, 0.29) is 12.4 Å². The van der Waals surface area contributed by atoms with Gasteiger partial charge in [0.1, 0.15) is 0 Å². The number of nitrogens with zero attached hydrogens (tertiary/aromatic N) is 3. The lowest BCUT2D eigenvalue weighted by Crippen LogP contribution is -2.50. The maximum absolute atomic E-state index is 12.7. The monoisotopic (exact) mass is 401 g/mol. The molecule has 1 amide bonds. The highest BCUT2D eigenvalue weighted by molar-refractivity contribution is 5.93. The van der Waals surface area contributed by atoms with Crippen molar-refractivity contribution in [2.45, 2.75) is 58.2 Å². The molecule has 0 saturated carbocycles. The fourth-order valence-electron chi connectivity index (χ4n) is 4.35. The Kier molecular flexibility index (Phi) is 7.25. The summed E-state index contributed by atoms with van der Waals surface area (Å²) in [5, 5.41) is 11.0. The minimum atomic E-state index is -0.397. The fraction of sp³-hybridized carbons (Fsp3) is 0.591. The van der Waals surface area contributed by atoms with Gasteiger partial charge in [-0.3, -0.25) is 14.5 Å². The molecule has 0 bridgehead atoms. The zero-order valence-corrected chi connectivity index (χ0v) is 17.3. The van der Waals surface area contributed by atoms with Gasteiger partial charge in [-0.2, -0.15) is 0 Å². The number of oxime groups is 1. The summed E-state index contributed by atoms with van der Waals surface area (Å²) in [6.45, 7) is 7.78. The van der Waals surface area contributed by atoms with Crippen LogP contribution in [0, 0.1) is 5.92 Å². The van der Waals surface area contributed by atoms with Crippen LogP contribution in [0.2, 0.25) is 0 Å². The Bertz CT molecular complexity index is 741. The molecule has 0 radical (unpaired) electrons. The third-order valence-electron chi connectivity index (χ3n) is 6.09. The van der Waals surface area contributed by atoms with Gasteiger partial charge in [0.05, 0.1) is 5.71 Å². The molecule has 1 aromatic rings. The number of benzene rings is 1. The van der Waals surface area contributed by atoms with Crippen LogP contribution in [0.5, 0.6) is 0 Å². The molecular formula is C22H31N3O4. The Morgan fingerprint density at radius 2 is 1.86 bits per heavy atom. The first-order chi connectivity index (χ1) is 14.0. The van der Waals surface area contributed by atoms with E-state index in [2.05, 4.69) is 48.2 Å². The smallest absolute Gasteiger partial charge is 0.290 e. The Hall–Kier alpha value is -2.41. The van der Waals surface area contributed by atoms with Gasteiger partial charge < -0.3 is 14.8 Å². The zero-order chi connectivity index (χ0) is 20.8. The Morgan fingerprint density at radius 3 is 2.48 bits per heavy atom. The van der Waals surface area contributed by atoms with E-state index in [9.17, 15) is 4.79 Å². The predicted octanol–water partition coefficient (Wildman–Crippen LogP) is 2.54. The summed E-state index contributed by atoms with van der Waals surface area (Å²) in [4.78, 5) is 31.1. The fourth-order valence-corrected chi connectivity index (χ4v) is 4.35. The average Bonchev–Trinajstić information content (AvgIpc) is 3.24. The zero-order valence-electron chi connectivity index (χ0n) is 17.3. The molecule has 1 unspecified atom stereocenters. The van der Waals surface area contributed by atoms with Crippen LogP contribution in [0.25, 0.3) is 0 Å². The van der Waals surface area contributed by atoms with Crippen LogP contribution in [0.4, 0.5) is 0 Å². The molecule has 3 aliphatic heterocycles. The van der Waals surface area contributed by atoms with Crippen molar-refractivity contribution in [2.75, 3.05) is 19.6 Å². The highest BCUT2D eigenvalue weighted by atomic mass is 16.6. The van der Waals surface area contributed by atoms with Gasteiger partial charge in [0, 0.05) is 38.6 Å². The summed E-state index contributed by atoms with van der Waals surface area (Å²) < 4.78 is 0. The molecule has 158 valence electrons. The third-order valence-corrected chi connectivity index (χ3v) is 6.09. The second-order valence-electron chi connectivity index (χ2n) is 8.19. The molecule has 0 aromatic heterocycles. The van der Waals surface area contributed by atoms with Crippen molar-refractivity contribution in [3.63, 3.8) is 0 Å². The van der Waals surface area contributed by atoms with E-state index in [1.165, 1.54) is 11.1 Å². The molecule has 1 aromatic carbocycles. The lowest BCUT2D eigenvalue weighted by molar-refractivity contribution is -0.143. The van der Waals surface area contributed by atoms with Crippen molar-refractivity contribution in [1.82, 2.24) is 9.80 Å². The number of carboxylic acid groups (broad SMARTS) is 1. The normalized spacial score (nSPS) is 22.2. The first-order valence-corrected chi connectivity index (χ1v) is 10.4. The van der Waals surface area contributed by atoms with Crippen LogP contribution < -0.4 is 0 Å². The number of hydrogen-bond donors (Lipinski definition) is 1. The number of piperidine rings is 1. The first-order valence-electron chi connectivity index (χ1n) is 10.4. The van der Waals surface area contributed by atoms with Crippen molar-refractivity contribution < 1.29 is 19.5 Å². The van der Waals surface area contributed by atoms with Gasteiger partial charge in [-0.15, -0.1) is 0 Å². The number of fused-ring (bicyclic) bond motifs is 1. The van der Waals surface area contributed by atoms with E-state index in [4.69, 9.17) is 14.7 Å². The van der Waals surface area contributed by atoms with Gasteiger partial charge >= 0.3 is 0 Å². The van der Waals surface area contributed by atoms with Crippen LogP contribution in [0.1, 0.15) is 44.2 Å².